The van der Waals surface area contributed by atoms with Gasteiger partial charge < -0.3 is 14.9 Å². The number of amides is 1. The van der Waals surface area contributed by atoms with Crippen molar-refractivity contribution in [3.63, 3.8) is 0 Å². The molecule has 1 atom stereocenters. The third kappa shape index (κ3) is 4.29. The minimum Gasteiger partial charge on any atom is -0.868 e. The Labute approximate surface area is 185 Å². The number of carbonyl (C=O) groups excluding carboxylic acids is 2. The number of ketones is 1. The van der Waals surface area contributed by atoms with E-state index in [9.17, 15) is 14.7 Å². The first kappa shape index (κ1) is 22.5. The number of halogens is 1. The summed E-state index contributed by atoms with van der Waals surface area (Å²) in [6.45, 7) is 10.7. The Bertz CT molecular complexity index is 980. The molecule has 1 N–H and O–H groups in total. The molecule has 6 nitrogen and oxygen atoms in total. The standard InChI is InChI=1S/C22H26ClN3O3S/c1-5-25(6-2)11-12-26-18(15-7-9-16(23)10-8-15)17(20(28)22(26)29)19(27)21-13(3)24-14(4)30-21/h7-10,18,28H,5-6,11-12H2,1-4H3. The molecule has 1 aliphatic heterocycles. The van der Waals surface area contributed by atoms with Crippen molar-refractivity contribution < 1.29 is 19.6 Å². The second-order valence-corrected chi connectivity index (χ2v) is 9.02. The van der Waals surface area contributed by atoms with Gasteiger partial charge in [0.2, 0.25) is 11.7 Å². The molecule has 1 aromatic heterocycles. The van der Waals surface area contributed by atoms with Gasteiger partial charge in [0, 0.05) is 10.6 Å². The number of Topliss-reactive ketones (excluding diaryl/α,β-unsaturated/α-hetero) is 1. The Balaban J connectivity index is 2.04. The Hall–Kier alpha value is -2.22. The third-order valence-electron chi connectivity index (χ3n) is 5.53. The number of hydrogen-bond donors (Lipinski definition) is 1. The fourth-order valence-corrected chi connectivity index (χ4v) is 4.84. The molecule has 0 radical (unpaired) electrons. The zero-order valence-electron chi connectivity index (χ0n) is 17.6. The molecule has 2 heterocycles. The fraction of sp³-hybridized carbons (Fsp3) is 0.409. The van der Waals surface area contributed by atoms with Gasteiger partial charge in [0.15, 0.2) is 0 Å². The molecule has 1 aromatic carbocycles. The average Bonchev–Trinajstić information content (AvgIpc) is 3.19. The van der Waals surface area contributed by atoms with Gasteiger partial charge in [0.05, 0.1) is 47.8 Å². The van der Waals surface area contributed by atoms with Crippen molar-refractivity contribution in [2.75, 3.05) is 26.2 Å². The van der Waals surface area contributed by atoms with Gasteiger partial charge in [-0.1, -0.05) is 23.7 Å². The van der Waals surface area contributed by atoms with E-state index >= 15 is 0 Å². The van der Waals surface area contributed by atoms with Crippen LogP contribution in [0.3, 0.4) is 0 Å². The Morgan fingerprint density at radius 1 is 1.23 bits per heavy atom. The first-order valence-corrected chi connectivity index (χ1v) is 11.3. The van der Waals surface area contributed by atoms with Gasteiger partial charge in [0.25, 0.3) is 0 Å². The van der Waals surface area contributed by atoms with Gasteiger partial charge in [-0.05, 0) is 51.2 Å². The van der Waals surface area contributed by atoms with Crippen LogP contribution in [-0.2, 0) is 4.79 Å². The highest BCUT2D eigenvalue weighted by Gasteiger charge is 2.40. The summed E-state index contributed by atoms with van der Waals surface area (Å²) in [5, 5.41) is 14.3. The first-order chi connectivity index (χ1) is 14.3. The molecule has 1 aliphatic rings. The topological polar surface area (TPSA) is 77.8 Å². The molecule has 0 saturated heterocycles. The lowest BCUT2D eigenvalue weighted by Gasteiger charge is -2.29. The van der Waals surface area contributed by atoms with Crippen LogP contribution in [0, 0.1) is 13.8 Å². The predicted molar refractivity (Wildman–Crippen MR) is 116 cm³/mol. The summed E-state index contributed by atoms with van der Waals surface area (Å²) in [7, 11) is 0. The molecule has 0 fully saturated rings. The highest BCUT2D eigenvalue weighted by molar-refractivity contribution is 7.14. The number of nitrogens with one attached hydrogen (secondary N) is 1. The van der Waals surface area contributed by atoms with Gasteiger partial charge >= 0.3 is 0 Å². The molecule has 30 heavy (non-hydrogen) atoms. The van der Waals surface area contributed by atoms with E-state index in [1.807, 2.05) is 6.92 Å². The van der Waals surface area contributed by atoms with Crippen LogP contribution < -0.4 is 10.0 Å². The van der Waals surface area contributed by atoms with Crippen molar-refractivity contribution in [3.8, 4) is 0 Å². The second-order valence-electron chi connectivity index (χ2n) is 7.38. The number of benzene rings is 1. The van der Waals surface area contributed by atoms with Crippen molar-refractivity contribution in [2.45, 2.75) is 33.7 Å². The molecule has 1 unspecified atom stereocenters. The van der Waals surface area contributed by atoms with Crippen LogP contribution in [0.15, 0.2) is 35.6 Å². The molecule has 0 spiro atoms. The number of carbonyl (C=O) groups is 2. The highest BCUT2D eigenvalue weighted by atomic mass is 35.5. The lowest BCUT2D eigenvalue weighted by atomic mass is 9.95. The van der Waals surface area contributed by atoms with Gasteiger partial charge in [-0.2, -0.15) is 0 Å². The molecular formula is C22H26ClN3O3S. The van der Waals surface area contributed by atoms with E-state index < -0.39 is 23.5 Å². The number of aromatic nitrogens is 1. The Kier molecular flexibility index (Phi) is 6.95. The zero-order valence-corrected chi connectivity index (χ0v) is 19.2. The summed E-state index contributed by atoms with van der Waals surface area (Å²) >= 11 is 7.29. The number of hydrogen-bond acceptors (Lipinski definition) is 5. The van der Waals surface area contributed by atoms with Crippen LogP contribution in [-0.4, -0.2) is 47.8 Å². The molecule has 8 heteroatoms. The molecular weight excluding hydrogens is 422 g/mol. The average molecular weight is 448 g/mol. The number of thiazole rings is 1. The summed E-state index contributed by atoms with van der Waals surface area (Å²) in [4.78, 5) is 33.9. The molecule has 160 valence electrons. The van der Waals surface area contributed by atoms with E-state index in [1.54, 1.807) is 31.2 Å². The van der Waals surface area contributed by atoms with Crippen LogP contribution in [0.2, 0.25) is 5.02 Å². The lowest BCUT2D eigenvalue weighted by molar-refractivity contribution is -0.895. The fourth-order valence-electron chi connectivity index (χ4n) is 3.84. The Morgan fingerprint density at radius 3 is 2.40 bits per heavy atom. The van der Waals surface area contributed by atoms with Gasteiger partial charge in [-0.15, -0.1) is 11.3 Å². The van der Waals surface area contributed by atoms with E-state index in [1.165, 1.54) is 21.1 Å². The molecule has 2 aromatic rings. The van der Waals surface area contributed by atoms with Crippen LogP contribution in [0.4, 0.5) is 0 Å². The van der Waals surface area contributed by atoms with Gasteiger partial charge in [0.1, 0.15) is 0 Å². The van der Waals surface area contributed by atoms with E-state index in [0.717, 1.165) is 18.1 Å². The molecule has 1 amide bonds. The SMILES string of the molecule is CC[NH+](CC)CCN1C(=O)C([O-])=C(C(=O)c2sc(C)nc2C)C1c1ccc(Cl)cc1. The maximum Gasteiger partial charge on any atom is 0.240 e. The smallest absolute Gasteiger partial charge is 0.240 e. The monoisotopic (exact) mass is 447 g/mol. The third-order valence-corrected chi connectivity index (χ3v) is 6.85. The molecule has 0 saturated carbocycles. The van der Waals surface area contributed by atoms with Crippen molar-refractivity contribution >= 4 is 34.6 Å². The van der Waals surface area contributed by atoms with Crippen LogP contribution in [0.5, 0.6) is 0 Å². The van der Waals surface area contributed by atoms with E-state index in [0.29, 0.717) is 34.2 Å². The number of rotatable bonds is 8. The minimum absolute atomic E-state index is 0.00335. The van der Waals surface area contributed by atoms with E-state index in [2.05, 4.69) is 18.8 Å². The van der Waals surface area contributed by atoms with Gasteiger partial charge in [-0.25, -0.2) is 4.98 Å². The van der Waals surface area contributed by atoms with Crippen molar-refractivity contribution in [3.05, 3.63) is 61.8 Å². The maximum absolute atomic E-state index is 13.4. The normalized spacial score (nSPS) is 16.8. The molecule has 3 rings (SSSR count). The maximum atomic E-state index is 13.4. The van der Waals surface area contributed by atoms with E-state index in [-0.39, 0.29) is 5.57 Å². The summed E-state index contributed by atoms with van der Waals surface area (Å²) in [5.74, 6) is -1.75. The number of nitrogens with zero attached hydrogens (tertiary/aromatic N) is 2. The lowest BCUT2D eigenvalue weighted by Crippen LogP contribution is -3.12. The molecule has 0 aliphatic carbocycles. The first-order valence-electron chi connectivity index (χ1n) is 10.1. The summed E-state index contributed by atoms with van der Waals surface area (Å²) < 4.78 is 0. The highest BCUT2D eigenvalue weighted by Crippen LogP contribution is 2.39. The van der Waals surface area contributed by atoms with E-state index in [4.69, 9.17) is 11.6 Å². The zero-order chi connectivity index (χ0) is 22.0. The summed E-state index contributed by atoms with van der Waals surface area (Å²) in [5.41, 5.74) is 1.29. The second kappa shape index (κ2) is 9.29. The van der Waals surface area contributed by atoms with Crippen LogP contribution >= 0.6 is 22.9 Å². The predicted octanol–water partition coefficient (Wildman–Crippen LogP) is 1.72. The quantitative estimate of drug-likeness (QED) is 0.625. The van der Waals surface area contributed by atoms with Crippen LogP contribution in [0.25, 0.3) is 0 Å². The number of aryl methyl sites for hydroxylation is 2. The van der Waals surface area contributed by atoms with Crippen LogP contribution in [0.1, 0.15) is 45.8 Å². The number of quaternary nitrogens is 1. The minimum atomic E-state index is -0.722. The summed E-state index contributed by atoms with van der Waals surface area (Å²) in [6, 6.07) is 6.25. The Morgan fingerprint density at radius 2 is 1.87 bits per heavy atom. The molecule has 0 bridgehead atoms. The largest absolute Gasteiger partial charge is 0.868 e. The van der Waals surface area contributed by atoms with Crippen molar-refractivity contribution in [1.29, 1.82) is 0 Å². The van der Waals surface area contributed by atoms with Gasteiger partial charge in [-0.3, -0.25) is 9.59 Å². The summed E-state index contributed by atoms with van der Waals surface area (Å²) in [6.07, 6.45) is 0. The van der Waals surface area contributed by atoms with Crippen molar-refractivity contribution in [2.24, 2.45) is 0 Å². The van der Waals surface area contributed by atoms with Crippen molar-refractivity contribution in [1.82, 2.24) is 9.88 Å². The number of likely N-dealkylation sites (N-methyl/N-ethyl adjacent to an activating group) is 1.